The van der Waals surface area contributed by atoms with Crippen molar-refractivity contribution in [2.75, 3.05) is 0 Å². The molecule has 0 fully saturated rings. The van der Waals surface area contributed by atoms with E-state index >= 15 is 0 Å². The molecular formula is C4H7FN. The summed E-state index contributed by atoms with van der Waals surface area (Å²) in [6.45, 7) is 3.23. The predicted molar refractivity (Wildman–Crippen MR) is 23.7 cm³/mol. The first-order valence-electron chi connectivity index (χ1n) is 1.75. The molecule has 0 bridgehead atoms. The van der Waals surface area contributed by atoms with E-state index in [-0.39, 0.29) is 6.42 Å². The van der Waals surface area contributed by atoms with Gasteiger partial charge in [-0.3, -0.25) is 0 Å². The SMILES string of the molecule is [CH2]CC(F)C=N. The zero-order chi connectivity index (χ0) is 4.99. The highest BCUT2D eigenvalue weighted by atomic mass is 19.1. The maximum Gasteiger partial charge on any atom is 0.134 e. The van der Waals surface area contributed by atoms with Gasteiger partial charge in [0.1, 0.15) is 6.17 Å². The number of halogens is 1. The van der Waals surface area contributed by atoms with Crippen molar-refractivity contribution >= 4 is 6.21 Å². The van der Waals surface area contributed by atoms with Gasteiger partial charge in [-0.1, -0.05) is 6.92 Å². The molecule has 0 aliphatic rings. The molecule has 1 unspecified atom stereocenters. The summed E-state index contributed by atoms with van der Waals surface area (Å²) in [5.74, 6) is 0. The lowest BCUT2D eigenvalue weighted by Crippen LogP contribution is -1.95. The smallest absolute Gasteiger partial charge is 0.134 e. The Morgan fingerprint density at radius 3 is 2.50 bits per heavy atom. The molecule has 1 N–H and O–H groups in total. The minimum absolute atomic E-state index is 0.170. The quantitative estimate of drug-likeness (QED) is 0.490. The van der Waals surface area contributed by atoms with Crippen molar-refractivity contribution in [1.29, 1.82) is 5.41 Å². The third-order valence-electron chi connectivity index (χ3n) is 0.457. The van der Waals surface area contributed by atoms with Crippen LogP contribution >= 0.6 is 0 Å². The maximum atomic E-state index is 11.6. The van der Waals surface area contributed by atoms with Crippen LogP contribution in [-0.2, 0) is 0 Å². The largest absolute Gasteiger partial charge is 0.310 e. The predicted octanol–water partition coefficient (Wildman–Crippen LogP) is 1.20. The van der Waals surface area contributed by atoms with Gasteiger partial charge in [0.15, 0.2) is 0 Å². The lowest BCUT2D eigenvalue weighted by atomic mass is 10.3. The van der Waals surface area contributed by atoms with Gasteiger partial charge < -0.3 is 5.41 Å². The average Bonchev–Trinajstić information content (AvgIpc) is 1.65. The Labute approximate surface area is 36.7 Å². The van der Waals surface area contributed by atoms with Crippen LogP contribution in [0.4, 0.5) is 4.39 Å². The summed E-state index contributed by atoms with van der Waals surface area (Å²) in [6.07, 6.45) is -0.221. The van der Waals surface area contributed by atoms with Crippen molar-refractivity contribution in [3.05, 3.63) is 6.92 Å². The van der Waals surface area contributed by atoms with Crippen molar-refractivity contribution in [3.63, 3.8) is 0 Å². The molecule has 0 saturated carbocycles. The van der Waals surface area contributed by atoms with Gasteiger partial charge in [-0.25, -0.2) is 4.39 Å². The topological polar surface area (TPSA) is 23.9 Å². The molecule has 1 atom stereocenters. The van der Waals surface area contributed by atoms with E-state index in [0.29, 0.717) is 0 Å². The zero-order valence-electron chi connectivity index (χ0n) is 3.45. The van der Waals surface area contributed by atoms with Crippen LogP contribution in [0, 0.1) is 12.3 Å². The first-order chi connectivity index (χ1) is 2.81. The number of hydrogen-bond acceptors (Lipinski definition) is 1. The van der Waals surface area contributed by atoms with E-state index in [9.17, 15) is 4.39 Å². The Morgan fingerprint density at radius 2 is 2.50 bits per heavy atom. The van der Waals surface area contributed by atoms with Gasteiger partial charge in [0.05, 0.1) is 0 Å². The van der Waals surface area contributed by atoms with E-state index in [1.807, 2.05) is 0 Å². The van der Waals surface area contributed by atoms with Crippen molar-refractivity contribution in [3.8, 4) is 0 Å². The standard InChI is InChI=1S/C4H7FN/c1-2-4(5)3-6/h3-4,6H,1-2H2. The second kappa shape index (κ2) is 2.82. The molecule has 2 heteroatoms. The first kappa shape index (κ1) is 5.60. The van der Waals surface area contributed by atoms with Crippen LogP contribution in [0.2, 0.25) is 0 Å². The van der Waals surface area contributed by atoms with Crippen LogP contribution in [0.1, 0.15) is 6.42 Å². The molecule has 0 saturated heterocycles. The van der Waals surface area contributed by atoms with Crippen LogP contribution in [0.25, 0.3) is 0 Å². The van der Waals surface area contributed by atoms with E-state index in [0.717, 1.165) is 6.21 Å². The summed E-state index contributed by atoms with van der Waals surface area (Å²) < 4.78 is 11.6. The Hall–Kier alpha value is -0.400. The molecule has 0 amide bonds. The fourth-order valence-corrected chi connectivity index (χ4v) is 0.0833. The van der Waals surface area contributed by atoms with E-state index in [4.69, 9.17) is 5.41 Å². The number of hydrogen-bond donors (Lipinski definition) is 1. The molecule has 35 valence electrons. The molecule has 6 heavy (non-hydrogen) atoms. The molecule has 0 aromatic heterocycles. The molecule has 0 aliphatic carbocycles. The van der Waals surface area contributed by atoms with Crippen molar-refractivity contribution in [2.24, 2.45) is 0 Å². The molecule has 0 aromatic carbocycles. The third-order valence-corrected chi connectivity index (χ3v) is 0.457. The zero-order valence-corrected chi connectivity index (χ0v) is 3.45. The number of alkyl halides is 1. The second-order valence-corrected chi connectivity index (χ2v) is 0.971. The van der Waals surface area contributed by atoms with Gasteiger partial charge in [0.2, 0.25) is 0 Å². The minimum atomic E-state index is -1.13. The van der Waals surface area contributed by atoms with E-state index in [1.54, 1.807) is 0 Å². The van der Waals surface area contributed by atoms with Gasteiger partial charge in [-0.05, 0) is 6.42 Å². The fourth-order valence-electron chi connectivity index (χ4n) is 0.0833. The Balaban J connectivity index is 2.96. The van der Waals surface area contributed by atoms with E-state index in [1.165, 1.54) is 0 Å². The molecule has 0 spiro atoms. The summed E-state index contributed by atoms with van der Waals surface area (Å²) >= 11 is 0. The third kappa shape index (κ3) is 1.88. The molecule has 0 rings (SSSR count). The lowest BCUT2D eigenvalue weighted by Gasteiger charge is -1.87. The van der Waals surface area contributed by atoms with Gasteiger partial charge in [0, 0.05) is 6.21 Å². The summed E-state index contributed by atoms with van der Waals surface area (Å²) in [7, 11) is 0. The molecule has 1 radical (unpaired) electrons. The van der Waals surface area contributed by atoms with Crippen LogP contribution in [0.15, 0.2) is 0 Å². The molecular weight excluding hydrogens is 81.0 g/mol. The van der Waals surface area contributed by atoms with Crippen LogP contribution in [0.5, 0.6) is 0 Å². The molecule has 1 nitrogen and oxygen atoms in total. The van der Waals surface area contributed by atoms with Crippen molar-refractivity contribution < 1.29 is 4.39 Å². The highest BCUT2D eigenvalue weighted by Gasteiger charge is 1.91. The van der Waals surface area contributed by atoms with Gasteiger partial charge in [-0.15, -0.1) is 0 Å². The van der Waals surface area contributed by atoms with Gasteiger partial charge in [0.25, 0.3) is 0 Å². The monoisotopic (exact) mass is 88.1 g/mol. The molecule has 0 aromatic rings. The highest BCUT2D eigenvalue weighted by molar-refractivity contribution is 5.58. The van der Waals surface area contributed by atoms with Gasteiger partial charge in [-0.2, -0.15) is 0 Å². The Kier molecular flexibility index (Phi) is 2.63. The normalized spacial score (nSPS) is 13.7. The Morgan fingerprint density at radius 1 is 2.00 bits per heavy atom. The van der Waals surface area contributed by atoms with Crippen LogP contribution in [0.3, 0.4) is 0 Å². The number of nitrogens with one attached hydrogen (secondary N) is 1. The second-order valence-electron chi connectivity index (χ2n) is 0.971. The minimum Gasteiger partial charge on any atom is -0.310 e. The van der Waals surface area contributed by atoms with Gasteiger partial charge >= 0.3 is 0 Å². The molecule has 0 aliphatic heterocycles. The average molecular weight is 88.1 g/mol. The van der Waals surface area contributed by atoms with E-state index < -0.39 is 6.17 Å². The summed E-state index contributed by atoms with van der Waals surface area (Å²) in [5, 5.41) is 6.27. The maximum absolute atomic E-state index is 11.6. The molecule has 0 heterocycles. The van der Waals surface area contributed by atoms with Crippen molar-refractivity contribution in [2.45, 2.75) is 12.6 Å². The van der Waals surface area contributed by atoms with Crippen molar-refractivity contribution in [1.82, 2.24) is 0 Å². The van der Waals surface area contributed by atoms with E-state index in [2.05, 4.69) is 6.92 Å². The van der Waals surface area contributed by atoms with Crippen LogP contribution < -0.4 is 0 Å². The number of rotatable bonds is 2. The Bertz CT molecular complexity index is 44.8. The first-order valence-corrected chi connectivity index (χ1v) is 1.75. The fraction of sp³-hybridized carbons (Fsp3) is 0.500. The lowest BCUT2D eigenvalue weighted by molar-refractivity contribution is 0.432. The van der Waals surface area contributed by atoms with Crippen LogP contribution in [-0.4, -0.2) is 12.4 Å². The summed E-state index contributed by atoms with van der Waals surface area (Å²) in [5.41, 5.74) is 0. The summed E-state index contributed by atoms with van der Waals surface area (Å²) in [4.78, 5) is 0. The summed E-state index contributed by atoms with van der Waals surface area (Å²) in [6, 6.07) is 0. The highest BCUT2D eigenvalue weighted by Crippen LogP contribution is 1.87.